The molecule has 22 heavy (non-hydrogen) atoms. The third-order valence-electron chi connectivity index (χ3n) is 3.49. The normalized spacial score (nSPS) is 18.8. The minimum atomic E-state index is -5.04. The molecule has 0 amide bonds. The van der Waals surface area contributed by atoms with Crippen molar-refractivity contribution in [3.63, 3.8) is 0 Å². The van der Waals surface area contributed by atoms with Crippen LogP contribution in [0.4, 0.5) is 18.9 Å². The lowest BCUT2D eigenvalue weighted by Gasteiger charge is -2.24. The van der Waals surface area contributed by atoms with Gasteiger partial charge in [-0.3, -0.25) is 5.73 Å². The first-order chi connectivity index (χ1) is 10.2. The molecule has 0 saturated heterocycles. The number of nitrogens with zero attached hydrogens (tertiary/aromatic N) is 1. The van der Waals surface area contributed by atoms with Crippen LogP contribution in [0.25, 0.3) is 0 Å². The SMILES string of the molecule is COc1ccc2c(c1)C(C)CN2CC(N)OC(=O)C(F)(F)F. The summed E-state index contributed by atoms with van der Waals surface area (Å²) >= 11 is 0. The van der Waals surface area contributed by atoms with Crippen molar-refractivity contribution >= 4 is 11.7 Å². The molecule has 0 saturated carbocycles. The summed E-state index contributed by atoms with van der Waals surface area (Å²) in [6.07, 6.45) is -6.39. The second-order valence-electron chi connectivity index (χ2n) is 5.17. The first-order valence-corrected chi connectivity index (χ1v) is 6.68. The van der Waals surface area contributed by atoms with Gasteiger partial charge in [0.1, 0.15) is 5.75 Å². The number of nitrogens with two attached hydrogens (primary N) is 1. The molecule has 1 heterocycles. The van der Waals surface area contributed by atoms with Crippen LogP contribution < -0.4 is 15.4 Å². The first kappa shape index (κ1) is 16.4. The van der Waals surface area contributed by atoms with Gasteiger partial charge >= 0.3 is 12.1 Å². The van der Waals surface area contributed by atoms with E-state index in [2.05, 4.69) is 4.74 Å². The topological polar surface area (TPSA) is 64.8 Å². The number of rotatable bonds is 4. The van der Waals surface area contributed by atoms with Crippen LogP contribution in [0.3, 0.4) is 0 Å². The molecule has 2 unspecified atom stereocenters. The van der Waals surface area contributed by atoms with Gasteiger partial charge < -0.3 is 14.4 Å². The Bertz CT molecular complexity index is 563. The standard InChI is InChI=1S/C14H17F3N2O3/c1-8-6-19(7-12(18)22-13(20)14(15,16)17)11-4-3-9(21-2)5-10(8)11/h3-5,8,12H,6-7,18H2,1-2H3. The second kappa shape index (κ2) is 6.04. The van der Waals surface area contributed by atoms with Crippen LogP contribution in [0.2, 0.25) is 0 Å². The lowest BCUT2D eigenvalue weighted by atomic mass is 10.0. The Labute approximate surface area is 125 Å². The van der Waals surface area contributed by atoms with E-state index < -0.39 is 18.4 Å². The number of fused-ring (bicyclic) bond motifs is 1. The highest BCUT2D eigenvalue weighted by Crippen LogP contribution is 2.38. The number of carbonyl (C=O) groups excluding carboxylic acids is 1. The third kappa shape index (κ3) is 3.44. The third-order valence-corrected chi connectivity index (χ3v) is 3.49. The molecule has 1 aromatic carbocycles. The summed E-state index contributed by atoms with van der Waals surface area (Å²) in [5.41, 5.74) is 7.38. The largest absolute Gasteiger partial charge is 0.497 e. The molecular formula is C14H17F3N2O3. The van der Waals surface area contributed by atoms with Crippen LogP contribution in [0.5, 0.6) is 5.75 Å². The molecular weight excluding hydrogens is 301 g/mol. The summed E-state index contributed by atoms with van der Waals surface area (Å²) in [6.45, 7) is 2.57. The maximum absolute atomic E-state index is 12.1. The van der Waals surface area contributed by atoms with Gasteiger partial charge in [-0.05, 0) is 23.8 Å². The van der Waals surface area contributed by atoms with Crippen LogP contribution in [0.15, 0.2) is 18.2 Å². The van der Waals surface area contributed by atoms with Crippen molar-refractivity contribution in [3.05, 3.63) is 23.8 Å². The van der Waals surface area contributed by atoms with E-state index in [1.807, 2.05) is 19.1 Å². The van der Waals surface area contributed by atoms with Gasteiger partial charge in [-0.15, -0.1) is 0 Å². The maximum atomic E-state index is 12.1. The molecule has 0 bridgehead atoms. The Hall–Kier alpha value is -1.96. The zero-order chi connectivity index (χ0) is 16.5. The summed E-state index contributed by atoms with van der Waals surface area (Å²) in [4.78, 5) is 12.6. The molecule has 122 valence electrons. The van der Waals surface area contributed by atoms with Crippen LogP contribution in [-0.4, -0.2) is 38.6 Å². The van der Waals surface area contributed by atoms with Gasteiger partial charge in [-0.1, -0.05) is 6.92 Å². The predicted octanol–water partition coefficient (Wildman–Crippen LogP) is 2.01. The Morgan fingerprint density at radius 2 is 2.18 bits per heavy atom. The zero-order valence-electron chi connectivity index (χ0n) is 12.2. The summed E-state index contributed by atoms with van der Waals surface area (Å²) < 4.78 is 45.8. The van der Waals surface area contributed by atoms with Crippen molar-refractivity contribution < 1.29 is 27.4 Å². The summed E-state index contributed by atoms with van der Waals surface area (Å²) in [6, 6.07) is 5.46. The fraction of sp³-hybridized carbons (Fsp3) is 0.500. The van der Waals surface area contributed by atoms with Crippen molar-refractivity contribution in [3.8, 4) is 5.75 Å². The minimum absolute atomic E-state index is 0.00844. The molecule has 0 fully saturated rings. The van der Waals surface area contributed by atoms with Gasteiger partial charge in [0.25, 0.3) is 0 Å². The molecule has 1 aliphatic rings. The summed E-state index contributed by atoms with van der Waals surface area (Å²) in [7, 11) is 1.56. The fourth-order valence-electron chi connectivity index (χ4n) is 2.50. The van der Waals surface area contributed by atoms with Gasteiger partial charge in [0.15, 0.2) is 6.23 Å². The number of hydrogen-bond donors (Lipinski definition) is 1. The Morgan fingerprint density at radius 3 is 2.77 bits per heavy atom. The Kier molecular flexibility index (Phi) is 4.50. The molecule has 2 atom stereocenters. The van der Waals surface area contributed by atoms with E-state index in [1.54, 1.807) is 18.1 Å². The quantitative estimate of drug-likeness (QED) is 0.679. The molecule has 0 spiro atoms. The summed E-state index contributed by atoms with van der Waals surface area (Å²) in [5.74, 6) is -1.39. The maximum Gasteiger partial charge on any atom is 0.490 e. The van der Waals surface area contributed by atoms with Gasteiger partial charge in [-0.25, -0.2) is 4.79 Å². The number of methoxy groups -OCH3 is 1. The average molecular weight is 318 g/mol. The lowest BCUT2D eigenvalue weighted by Crippen LogP contribution is -2.42. The number of hydrogen-bond acceptors (Lipinski definition) is 5. The molecule has 8 heteroatoms. The smallest absolute Gasteiger partial charge is 0.490 e. The molecule has 5 nitrogen and oxygen atoms in total. The van der Waals surface area contributed by atoms with Gasteiger partial charge in [0.05, 0.1) is 13.7 Å². The van der Waals surface area contributed by atoms with E-state index in [9.17, 15) is 18.0 Å². The highest BCUT2D eigenvalue weighted by Gasteiger charge is 2.42. The van der Waals surface area contributed by atoms with Crippen molar-refractivity contribution in [2.45, 2.75) is 25.2 Å². The van der Waals surface area contributed by atoms with Crippen LogP contribution >= 0.6 is 0 Å². The Balaban J connectivity index is 2.05. The predicted molar refractivity (Wildman–Crippen MR) is 73.7 cm³/mol. The van der Waals surface area contributed by atoms with E-state index in [4.69, 9.17) is 10.5 Å². The van der Waals surface area contributed by atoms with Crippen LogP contribution in [-0.2, 0) is 9.53 Å². The van der Waals surface area contributed by atoms with Crippen molar-refractivity contribution in [2.24, 2.45) is 5.73 Å². The number of anilines is 1. The van der Waals surface area contributed by atoms with E-state index in [0.29, 0.717) is 12.3 Å². The van der Waals surface area contributed by atoms with E-state index >= 15 is 0 Å². The number of alkyl halides is 3. The van der Waals surface area contributed by atoms with Crippen molar-refractivity contribution in [1.29, 1.82) is 0 Å². The fourth-order valence-corrected chi connectivity index (χ4v) is 2.50. The molecule has 0 radical (unpaired) electrons. The average Bonchev–Trinajstić information content (AvgIpc) is 2.73. The van der Waals surface area contributed by atoms with Gasteiger partial charge in [-0.2, -0.15) is 13.2 Å². The first-order valence-electron chi connectivity index (χ1n) is 6.68. The summed E-state index contributed by atoms with van der Waals surface area (Å²) in [5, 5.41) is 0. The lowest BCUT2D eigenvalue weighted by molar-refractivity contribution is -0.204. The molecule has 0 aromatic heterocycles. The molecule has 1 aliphatic heterocycles. The van der Waals surface area contributed by atoms with Crippen LogP contribution in [0.1, 0.15) is 18.4 Å². The number of benzene rings is 1. The molecule has 2 N–H and O–H groups in total. The zero-order valence-corrected chi connectivity index (χ0v) is 12.2. The number of ether oxygens (including phenoxy) is 2. The van der Waals surface area contributed by atoms with Crippen molar-refractivity contribution in [2.75, 3.05) is 25.1 Å². The highest BCUT2D eigenvalue weighted by molar-refractivity contribution is 5.75. The van der Waals surface area contributed by atoms with Gasteiger partial charge in [0, 0.05) is 18.2 Å². The number of esters is 1. The molecule has 1 aromatic rings. The monoisotopic (exact) mass is 318 g/mol. The minimum Gasteiger partial charge on any atom is -0.497 e. The highest BCUT2D eigenvalue weighted by atomic mass is 19.4. The molecule has 0 aliphatic carbocycles. The molecule has 2 rings (SSSR count). The Morgan fingerprint density at radius 1 is 1.50 bits per heavy atom. The van der Waals surface area contributed by atoms with Gasteiger partial charge in [0.2, 0.25) is 0 Å². The number of carbonyl (C=O) groups is 1. The second-order valence-corrected chi connectivity index (χ2v) is 5.17. The van der Waals surface area contributed by atoms with E-state index in [-0.39, 0.29) is 12.5 Å². The van der Waals surface area contributed by atoms with E-state index in [1.165, 1.54) is 0 Å². The van der Waals surface area contributed by atoms with E-state index in [0.717, 1.165) is 11.3 Å². The number of halogens is 3. The van der Waals surface area contributed by atoms with Crippen LogP contribution in [0, 0.1) is 0 Å². The van der Waals surface area contributed by atoms with Crippen molar-refractivity contribution in [1.82, 2.24) is 0 Å².